The third-order valence-electron chi connectivity index (χ3n) is 3.24. The van der Waals surface area contributed by atoms with Gasteiger partial charge in [0.1, 0.15) is 11.3 Å². The van der Waals surface area contributed by atoms with Crippen LogP contribution in [0.2, 0.25) is 5.02 Å². The molecule has 0 atom stereocenters. The minimum atomic E-state index is -0.636. The lowest BCUT2D eigenvalue weighted by atomic mass is 10.1. The summed E-state index contributed by atoms with van der Waals surface area (Å²) in [7, 11) is 1.23. The number of carbonyl (C=O) groups is 2. The maximum atomic E-state index is 11.9. The van der Waals surface area contributed by atoms with E-state index in [2.05, 4.69) is 10.1 Å². The molecule has 0 saturated carbocycles. The van der Waals surface area contributed by atoms with Gasteiger partial charge < -0.3 is 15.2 Å². The molecule has 2 N–H and O–H groups in total. The molecule has 0 fully saturated rings. The fourth-order valence-electron chi connectivity index (χ4n) is 2.02. The van der Waals surface area contributed by atoms with Crippen molar-refractivity contribution >= 4 is 29.2 Å². The zero-order valence-electron chi connectivity index (χ0n) is 12.5. The molecule has 0 radical (unpaired) electrons. The summed E-state index contributed by atoms with van der Waals surface area (Å²) < 4.78 is 4.54. The van der Waals surface area contributed by atoms with Gasteiger partial charge in [-0.1, -0.05) is 23.7 Å². The topological polar surface area (TPSA) is 75.6 Å². The Labute approximate surface area is 138 Å². The standard InChI is InChI=1S/C17H16ClNO4/c1-23-17(22)14-8-7-13(10-15(14)20)19-16(21)9-4-11-2-5-12(18)6-3-11/h2-3,5-8,10,20H,4,9H2,1H3,(H,19,21). The number of aryl methyl sites for hydroxylation is 1. The Morgan fingerprint density at radius 1 is 1.17 bits per heavy atom. The first kappa shape index (κ1) is 16.8. The summed E-state index contributed by atoms with van der Waals surface area (Å²) in [5.41, 5.74) is 1.47. The number of nitrogens with one attached hydrogen (secondary N) is 1. The van der Waals surface area contributed by atoms with Gasteiger partial charge in [0.25, 0.3) is 0 Å². The van der Waals surface area contributed by atoms with Crippen LogP contribution in [0.15, 0.2) is 42.5 Å². The second-order valence-corrected chi connectivity index (χ2v) is 5.33. The van der Waals surface area contributed by atoms with Crippen molar-refractivity contribution in [1.29, 1.82) is 0 Å². The van der Waals surface area contributed by atoms with Crippen LogP contribution in [-0.2, 0) is 16.0 Å². The second kappa shape index (κ2) is 7.65. The SMILES string of the molecule is COC(=O)c1ccc(NC(=O)CCc2ccc(Cl)cc2)cc1O. The van der Waals surface area contributed by atoms with Crippen LogP contribution in [0, 0.1) is 0 Å². The maximum absolute atomic E-state index is 11.9. The van der Waals surface area contributed by atoms with Gasteiger partial charge in [-0.2, -0.15) is 0 Å². The Hall–Kier alpha value is -2.53. The number of aromatic hydroxyl groups is 1. The van der Waals surface area contributed by atoms with Gasteiger partial charge in [0.05, 0.1) is 7.11 Å². The molecule has 0 aliphatic rings. The molecule has 2 rings (SSSR count). The number of phenols is 1. The molecule has 0 spiro atoms. The molecule has 0 aliphatic carbocycles. The molecule has 0 heterocycles. The molecule has 5 nitrogen and oxygen atoms in total. The van der Waals surface area contributed by atoms with Gasteiger partial charge in [-0.05, 0) is 36.2 Å². The van der Waals surface area contributed by atoms with E-state index in [1.165, 1.54) is 25.3 Å². The van der Waals surface area contributed by atoms with Gasteiger partial charge in [-0.25, -0.2) is 4.79 Å². The lowest BCUT2D eigenvalue weighted by Gasteiger charge is -2.08. The van der Waals surface area contributed by atoms with E-state index in [1.54, 1.807) is 12.1 Å². The highest BCUT2D eigenvalue weighted by molar-refractivity contribution is 6.30. The molecule has 2 aromatic carbocycles. The number of methoxy groups -OCH3 is 1. The van der Waals surface area contributed by atoms with E-state index in [4.69, 9.17) is 11.6 Å². The van der Waals surface area contributed by atoms with Crippen molar-refractivity contribution in [2.45, 2.75) is 12.8 Å². The quantitative estimate of drug-likeness (QED) is 0.822. The fraction of sp³-hybridized carbons (Fsp3) is 0.176. The molecule has 0 bridgehead atoms. The molecule has 0 aliphatic heterocycles. The molecule has 0 saturated heterocycles. The number of hydrogen-bond acceptors (Lipinski definition) is 4. The van der Waals surface area contributed by atoms with Crippen LogP contribution in [0.3, 0.4) is 0 Å². The average molecular weight is 334 g/mol. The number of ether oxygens (including phenoxy) is 1. The van der Waals surface area contributed by atoms with Crippen LogP contribution in [0.1, 0.15) is 22.3 Å². The van der Waals surface area contributed by atoms with Crippen LogP contribution in [0.5, 0.6) is 5.75 Å². The Bertz CT molecular complexity index is 713. The van der Waals surface area contributed by atoms with Crippen molar-refractivity contribution < 1.29 is 19.4 Å². The number of esters is 1. The lowest BCUT2D eigenvalue weighted by molar-refractivity contribution is -0.116. The number of carbonyl (C=O) groups excluding carboxylic acids is 2. The second-order valence-electron chi connectivity index (χ2n) is 4.90. The van der Waals surface area contributed by atoms with Gasteiger partial charge in [-0.15, -0.1) is 0 Å². The van der Waals surface area contributed by atoms with Crippen molar-refractivity contribution in [3.63, 3.8) is 0 Å². The van der Waals surface area contributed by atoms with Gasteiger partial charge in [0.2, 0.25) is 5.91 Å². The smallest absolute Gasteiger partial charge is 0.341 e. The lowest BCUT2D eigenvalue weighted by Crippen LogP contribution is -2.12. The summed E-state index contributed by atoms with van der Waals surface area (Å²) in [4.78, 5) is 23.3. The van der Waals surface area contributed by atoms with Gasteiger partial charge in [0, 0.05) is 23.2 Å². The number of phenolic OH excluding ortho intramolecular Hbond substituents is 1. The monoisotopic (exact) mass is 333 g/mol. The largest absolute Gasteiger partial charge is 0.507 e. The summed E-state index contributed by atoms with van der Waals surface area (Å²) in [6.07, 6.45) is 0.871. The van der Waals surface area contributed by atoms with Crippen LogP contribution in [0.25, 0.3) is 0 Å². The van der Waals surface area contributed by atoms with E-state index >= 15 is 0 Å². The van der Waals surface area contributed by atoms with E-state index < -0.39 is 5.97 Å². The number of halogens is 1. The Kier molecular flexibility index (Phi) is 5.60. The minimum Gasteiger partial charge on any atom is -0.507 e. The average Bonchev–Trinajstić information content (AvgIpc) is 2.54. The number of anilines is 1. The molecular weight excluding hydrogens is 318 g/mol. The predicted molar refractivity (Wildman–Crippen MR) is 87.8 cm³/mol. The summed E-state index contributed by atoms with van der Waals surface area (Å²) in [5.74, 6) is -1.07. The van der Waals surface area contributed by atoms with E-state index in [-0.39, 0.29) is 17.2 Å². The van der Waals surface area contributed by atoms with E-state index in [0.717, 1.165) is 5.56 Å². The Morgan fingerprint density at radius 2 is 1.87 bits per heavy atom. The van der Waals surface area contributed by atoms with Crippen LogP contribution >= 0.6 is 11.6 Å². The summed E-state index contributed by atoms with van der Waals surface area (Å²) in [5, 5.41) is 13.1. The molecule has 2 aromatic rings. The number of rotatable bonds is 5. The Balaban J connectivity index is 1.93. The normalized spacial score (nSPS) is 10.2. The van der Waals surface area contributed by atoms with E-state index in [9.17, 15) is 14.7 Å². The zero-order valence-corrected chi connectivity index (χ0v) is 13.3. The van der Waals surface area contributed by atoms with Crippen molar-refractivity contribution in [3.8, 4) is 5.75 Å². The zero-order chi connectivity index (χ0) is 16.8. The highest BCUT2D eigenvalue weighted by atomic mass is 35.5. The first-order valence-corrected chi connectivity index (χ1v) is 7.33. The van der Waals surface area contributed by atoms with Crippen LogP contribution in [-0.4, -0.2) is 24.1 Å². The highest BCUT2D eigenvalue weighted by Gasteiger charge is 2.12. The molecule has 1 amide bonds. The molecule has 23 heavy (non-hydrogen) atoms. The minimum absolute atomic E-state index is 0.0478. The predicted octanol–water partition coefficient (Wildman–Crippen LogP) is 3.40. The molecule has 0 aromatic heterocycles. The third kappa shape index (κ3) is 4.72. The summed E-state index contributed by atoms with van der Waals surface area (Å²) in [6.45, 7) is 0. The van der Waals surface area contributed by atoms with E-state index in [1.807, 2.05) is 12.1 Å². The van der Waals surface area contributed by atoms with Crippen LogP contribution < -0.4 is 5.32 Å². The first-order valence-electron chi connectivity index (χ1n) is 6.95. The number of amides is 1. The van der Waals surface area contributed by atoms with Crippen molar-refractivity contribution in [2.75, 3.05) is 12.4 Å². The molecule has 120 valence electrons. The van der Waals surface area contributed by atoms with Gasteiger partial charge in [0.15, 0.2) is 0 Å². The first-order chi connectivity index (χ1) is 11.0. The van der Waals surface area contributed by atoms with Crippen molar-refractivity contribution in [1.82, 2.24) is 0 Å². The summed E-state index contributed by atoms with van der Waals surface area (Å²) >= 11 is 5.81. The molecular formula is C17H16ClNO4. The number of hydrogen-bond donors (Lipinski definition) is 2. The maximum Gasteiger partial charge on any atom is 0.341 e. The van der Waals surface area contributed by atoms with Gasteiger partial charge in [-0.3, -0.25) is 4.79 Å². The molecule has 0 unspecified atom stereocenters. The van der Waals surface area contributed by atoms with Gasteiger partial charge >= 0.3 is 5.97 Å². The Morgan fingerprint density at radius 3 is 2.48 bits per heavy atom. The fourth-order valence-corrected chi connectivity index (χ4v) is 2.15. The van der Waals surface area contributed by atoms with E-state index in [0.29, 0.717) is 23.6 Å². The van der Waals surface area contributed by atoms with Crippen molar-refractivity contribution in [2.24, 2.45) is 0 Å². The highest BCUT2D eigenvalue weighted by Crippen LogP contribution is 2.23. The third-order valence-corrected chi connectivity index (χ3v) is 3.49. The van der Waals surface area contributed by atoms with Crippen LogP contribution in [0.4, 0.5) is 5.69 Å². The number of benzene rings is 2. The van der Waals surface area contributed by atoms with Crippen molar-refractivity contribution in [3.05, 3.63) is 58.6 Å². The summed E-state index contributed by atoms with van der Waals surface area (Å²) in [6, 6.07) is 11.5. The molecule has 6 heteroatoms.